The van der Waals surface area contributed by atoms with E-state index in [0.717, 1.165) is 12.1 Å². The van der Waals surface area contributed by atoms with Crippen LogP contribution in [0.3, 0.4) is 0 Å². The standard InChI is InChI=1S/C19H15F2N5O4/c1-22-19(28)17(11-5-6-14(20)15(21)9-11)23-18(27)16-7-8-25(24-16)12-3-2-4-13(10-12)26(29)30/h2-10,17H,1H3,(H,22,28)(H,23,27). The number of hydrogen-bond acceptors (Lipinski definition) is 5. The first-order chi connectivity index (χ1) is 14.3. The molecule has 0 fully saturated rings. The van der Waals surface area contributed by atoms with Crippen LogP contribution in [0, 0.1) is 21.7 Å². The average molecular weight is 415 g/mol. The van der Waals surface area contributed by atoms with Crippen molar-refractivity contribution in [2.45, 2.75) is 6.04 Å². The number of non-ortho nitro benzene ring substituents is 1. The van der Waals surface area contributed by atoms with Gasteiger partial charge in [0.05, 0.1) is 10.6 Å². The third-order valence-corrected chi connectivity index (χ3v) is 4.19. The number of hydrogen-bond donors (Lipinski definition) is 2. The quantitative estimate of drug-likeness (QED) is 0.473. The molecule has 2 amide bonds. The highest BCUT2D eigenvalue weighted by atomic mass is 19.2. The number of nitrogens with one attached hydrogen (secondary N) is 2. The lowest BCUT2D eigenvalue weighted by Gasteiger charge is -2.17. The molecule has 3 rings (SSSR count). The molecule has 0 aliphatic carbocycles. The highest BCUT2D eigenvalue weighted by molar-refractivity contribution is 5.96. The van der Waals surface area contributed by atoms with Crippen molar-refractivity contribution in [3.05, 3.63) is 87.7 Å². The topological polar surface area (TPSA) is 119 Å². The molecule has 1 unspecified atom stereocenters. The van der Waals surface area contributed by atoms with E-state index in [1.54, 1.807) is 6.07 Å². The van der Waals surface area contributed by atoms with Crippen LogP contribution >= 0.6 is 0 Å². The van der Waals surface area contributed by atoms with Crippen LogP contribution in [-0.2, 0) is 4.79 Å². The highest BCUT2D eigenvalue weighted by Crippen LogP contribution is 2.19. The van der Waals surface area contributed by atoms with Gasteiger partial charge in [0, 0.05) is 25.4 Å². The Kier molecular flexibility index (Phi) is 5.81. The average Bonchev–Trinajstić information content (AvgIpc) is 3.24. The molecular formula is C19H15F2N5O4. The van der Waals surface area contributed by atoms with Gasteiger partial charge >= 0.3 is 0 Å². The molecule has 9 nitrogen and oxygen atoms in total. The summed E-state index contributed by atoms with van der Waals surface area (Å²) < 4.78 is 28.0. The zero-order valence-electron chi connectivity index (χ0n) is 15.5. The summed E-state index contributed by atoms with van der Waals surface area (Å²) >= 11 is 0. The van der Waals surface area contributed by atoms with Crippen molar-refractivity contribution in [3.8, 4) is 5.69 Å². The second-order valence-electron chi connectivity index (χ2n) is 6.12. The van der Waals surface area contributed by atoms with Gasteiger partial charge in [-0.1, -0.05) is 12.1 Å². The Morgan fingerprint density at radius 3 is 2.57 bits per heavy atom. The Labute approximate surface area is 168 Å². The molecule has 2 aromatic carbocycles. The van der Waals surface area contributed by atoms with Crippen LogP contribution in [0.25, 0.3) is 5.69 Å². The lowest BCUT2D eigenvalue weighted by Crippen LogP contribution is -2.39. The Morgan fingerprint density at radius 1 is 1.13 bits per heavy atom. The van der Waals surface area contributed by atoms with E-state index in [1.807, 2.05) is 0 Å². The molecule has 0 aliphatic rings. The Bertz CT molecular complexity index is 1130. The van der Waals surface area contributed by atoms with E-state index in [-0.39, 0.29) is 16.9 Å². The van der Waals surface area contributed by atoms with E-state index in [0.29, 0.717) is 5.69 Å². The second kappa shape index (κ2) is 8.47. The fourth-order valence-electron chi connectivity index (χ4n) is 2.68. The van der Waals surface area contributed by atoms with E-state index in [2.05, 4.69) is 15.7 Å². The van der Waals surface area contributed by atoms with E-state index in [4.69, 9.17) is 0 Å². The first-order valence-corrected chi connectivity index (χ1v) is 8.58. The molecule has 1 aromatic heterocycles. The molecule has 0 saturated carbocycles. The fraction of sp³-hybridized carbons (Fsp3) is 0.105. The lowest BCUT2D eigenvalue weighted by atomic mass is 10.1. The number of nitrogens with zero attached hydrogens (tertiary/aromatic N) is 3. The molecule has 0 aliphatic heterocycles. The number of amides is 2. The van der Waals surface area contributed by atoms with Crippen molar-refractivity contribution in [1.82, 2.24) is 20.4 Å². The molecule has 154 valence electrons. The van der Waals surface area contributed by atoms with Crippen LogP contribution in [0.2, 0.25) is 0 Å². The molecule has 0 radical (unpaired) electrons. The summed E-state index contributed by atoms with van der Waals surface area (Å²) in [7, 11) is 1.33. The van der Waals surface area contributed by atoms with Gasteiger partial charge < -0.3 is 10.6 Å². The van der Waals surface area contributed by atoms with Crippen molar-refractivity contribution in [3.63, 3.8) is 0 Å². The SMILES string of the molecule is CNC(=O)C(NC(=O)c1ccn(-c2cccc([N+](=O)[O-])c2)n1)c1ccc(F)c(F)c1. The lowest BCUT2D eigenvalue weighted by molar-refractivity contribution is -0.384. The number of aromatic nitrogens is 2. The number of likely N-dealkylation sites (N-methyl/N-ethyl adjacent to an activating group) is 1. The van der Waals surface area contributed by atoms with E-state index in [9.17, 15) is 28.5 Å². The van der Waals surface area contributed by atoms with Crippen LogP contribution in [0.4, 0.5) is 14.5 Å². The summed E-state index contributed by atoms with van der Waals surface area (Å²) in [5.74, 6) is -3.65. The normalized spacial score (nSPS) is 11.6. The van der Waals surface area contributed by atoms with Crippen LogP contribution in [0.15, 0.2) is 54.7 Å². The van der Waals surface area contributed by atoms with Gasteiger partial charge in [-0.05, 0) is 29.8 Å². The molecule has 2 N–H and O–H groups in total. The number of carbonyl (C=O) groups excluding carboxylic acids is 2. The molecule has 11 heteroatoms. The number of nitro benzene ring substituents is 1. The third-order valence-electron chi connectivity index (χ3n) is 4.19. The molecule has 30 heavy (non-hydrogen) atoms. The Hall–Kier alpha value is -4.15. The Balaban J connectivity index is 1.85. The van der Waals surface area contributed by atoms with Crippen LogP contribution in [-0.4, -0.2) is 33.6 Å². The zero-order chi connectivity index (χ0) is 21.8. The van der Waals surface area contributed by atoms with Crippen molar-refractivity contribution in [2.75, 3.05) is 7.05 Å². The third kappa shape index (κ3) is 4.29. The predicted molar refractivity (Wildman–Crippen MR) is 101 cm³/mol. The van der Waals surface area contributed by atoms with Crippen LogP contribution in [0.5, 0.6) is 0 Å². The summed E-state index contributed by atoms with van der Waals surface area (Å²) in [6, 6.07) is 8.54. The summed E-state index contributed by atoms with van der Waals surface area (Å²) in [5, 5.41) is 19.7. The van der Waals surface area contributed by atoms with Gasteiger partial charge in [-0.15, -0.1) is 0 Å². The minimum Gasteiger partial charge on any atom is -0.357 e. The molecule has 0 bridgehead atoms. The largest absolute Gasteiger partial charge is 0.357 e. The van der Waals surface area contributed by atoms with Crippen molar-refractivity contribution >= 4 is 17.5 Å². The van der Waals surface area contributed by atoms with E-state index >= 15 is 0 Å². The molecule has 3 aromatic rings. The van der Waals surface area contributed by atoms with Crippen molar-refractivity contribution in [1.29, 1.82) is 0 Å². The van der Waals surface area contributed by atoms with Crippen molar-refractivity contribution in [2.24, 2.45) is 0 Å². The maximum absolute atomic E-state index is 13.6. The fourth-order valence-corrected chi connectivity index (χ4v) is 2.68. The molecule has 1 atom stereocenters. The van der Waals surface area contributed by atoms with Gasteiger partial charge in [0.25, 0.3) is 11.6 Å². The monoisotopic (exact) mass is 415 g/mol. The number of benzene rings is 2. The number of rotatable bonds is 6. The molecule has 1 heterocycles. The summed E-state index contributed by atoms with van der Waals surface area (Å²) in [6.45, 7) is 0. The van der Waals surface area contributed by atoms with E-state index < -0.39 is 34.4 Å². The van der Waals surface area contributed by atoms with Gasteiger partial charge in [0.1, 0.15) is 6.04 Å². The summed E-state index contributed by atoms with van der Waals surface area (Å²) in [4.78, 5) is 35.1. The maximum atomic E-state index is 13.6. The minimum atomic E-state index is -1.29. The first kappa shape index (κ1) is 20.6. The second-order valence-corrected chi connectivity index (χ2v) is 6.12. The molecule has 0 saturated heterocycles. The van der Waals surface area contributed by atoms with Crippen molar-refractivity contribution < 1.29 is 23.3 Å². The van der Waals surface area contributed by atoms with Crippen LogP contribution in [0.1, 0.15) is 22.1 Å². The summed E-state index contributed by atoms with van der Waals surface area (Å²) in [5.41, 5.74) is 0.163. The number of carbonyl (C=O) groups is 2. The minimum absolute atomic E-state index is 0.0414. The van der Waals surface area contributed by atoms with Gasteiger partial charge in [-0.3, -0.25) is 19.7 Å². The van der Waals surface area contributed by atoms with Gasteiger partial charge in [-0.2, -0.15) is 5.10 Å². The number of halogens is 2. The summed E-state index contributed by atoms with van der Waals surface area (Å²) in [6.07, 6.45) is 1.42. The van der Waals surface area contributed by atoms with Gasteiger partial charge in [0.2, 0.25) is 5.91 Å². The smallest absolute Gasteiger partial charge is 0.272 e. The van der Waals surface area contributed by atoms with Gasteiger partial charge in [0.15, 0.2) is 17.3 Å². The molecule has 0 spiro atoms. The number of nitro groups is 1. The Morgan fingerprint density at radius 2 is 1.90 bits per heavy atom. The predicted octanol–water partition coefficient (Wildman–Crippen LogP) is 2.28. The molecular weight excluding hydrogens is 400 g/mol. The highest BCUT2D eigenvalue weighted by Gasteiger charge is 2.24. The van der Waals surface area contributed by atoms with Gasteiger partial charge in [-0.25, -0.2) is 13.5 Å². The zero-order valence-corrected chi connectivity index (χ0v) is 15.5. The maximum Gasteiger partial charge on any atom is 0.272 e. The van der Waals surface area contributed by atoms with Crippen LogP contribution < -0.4 is 10.6 Å². The van der Waals surface area contributed by atoms with E-state index in [1.165, 1.54) is 48.3 Å². The first-order valence-electron chi connectivity index (χ1n) is 8.58.